The topological polar surface area (TPSA) is 130 Å². The van der Waals surface area contributed by atoms with Crippen LogP contribution >= 0.6 is 0 Å². The maximum Gasteiger partial charge on any atom is 0.261 e. The summed E-state index contributed by atoms with van der Waals surface area (Å²) in [6, 6.07) is 12.7. The highest BCUT2D eigenvalue weighted by Crippen LogP contribution is 2.23. The number of amides is 1. The lowest BCUT2D eigenvalue weighted by Gasteiger charge is -2.13. The molecule has 0 aliphatic heterocycles. The molecular weight excluding hydrogens is 420 g/mol. The Bertz CT molecular complexity index is 1460. The molecule has 0 atom stereocenters. The molecule has 0 aliphatic rings. The third-order valence-electron chi connectivity index (χ3n) is 4.63. The van der Waals surface area contributed by atoms with E-state index in [-0.39, 0.29) is 16.0 Å². The maximum absolute atomic E-state index is 12.9. The zero-order valence-electron chi connectivity index (χ0n) is 16.6. The Balaban J connectivity index is 1.71. The van der Waals surface area contributed by atoms with Crippen LogP contribution < -0.4 is 10.9 Å². The van der Waals surface area contributed by atoms with Crippen molar-refractivity contribution in [1.29, 1.82) is 0 Å². The van der Waals surface area contributed by atoms with Crippen LogP contribution in [0.2, 0.25) is 0 Å². The van der Waals surface area contributed by atoms with E-state index in [1.165, 1.54) is 55.6 Å². The van der Waals surface area contributed by atoms with Crippen LogP contribution in [0.15, 0.2) is 70.7 Å². The number of benzene rings is 2. The number of nitrogens with one attached hydrogen (secondary N) is 2. The van der Waals surface area contributed by atoms with Crippen LogP contribution in [0.1, 0.15) is 10.4 Å². The largest absolute Gasteiger partial charge is 0.320 e. The van der Waals surface area contributed by atoms with Gasteiger partial charge in [-0.05, 0) is 30.3 Å². The zero-order valence-corrected chi connectivity index (χ0v) is 17.4. The van der Waals surface area contributed by atoms with Gasteiger partial charge >= 0.3 is 0 Å². The molecule has 11 heteroatoms. The molecule has 4 rings (SSSR count). The number of carbonyl (C=O) groups is 1. The number of carbonyl (C=O) groups excluding carboxylic acids is 1. The van der Waals surface area contributed by atoms with Gasteiger partial charge in [-0.1, -0.05) is 18.2 Å². The van der Waals surface area contributed by atoms with Gasteiger partial charge < -0.3 is 10.3 Å². The van der Waals surface area contributed by atoms with E-state index in [0.29, 0.717) is 22.4 Å². The van der Waals surface area contributed by atoms with Crippen molar-refractivity contribution in [2.75, 3.05) is 19.4 Å². The van der Waals surface area contributed by atoms with Crippen molar-refractivity contribution < 1.29 is 13.2 Å². The molecule has 10 nitrogen and oxygen atoms in total. The third-order valence-corrected chi connectivity index (χ3v) is 6.44. The Labute approximate surface area is 177 Å². The summed E-state index contributed by atoms with van der Waals surface area (Å²) in [6.45, 7) is 0. The quantitative estimate of drug-likeness (QED) is 0.487. The Morgan fingerprint density at radius 3 is 2.68 bits per heavy atom. The van der Waals surface area contributed by atoms with Crippen LogP contribution in [-0.2, 0) is 10.0 Å². The first-order valence-corrected chi connectivity index (χ1v) is 10.6. The first-order chi connectivity index (χ1) is 14.8. The fourth-order valence-electron chi connectivity index (χ4n) is 3.00. The summed E-state index contributed by atoms with van der Waals surface area (Å²) in [5.74, 6) is -0.495. The third kappa shape index (κ3) is 3.71. The number of H-pyrrole nitrogens is 1. The Hall–Kier alpha value is -3.83. The lowest BCUT2D eigenvalue weighted by atomic mass is 10.2. The number of fused-ring (bicyclic) bond motifs is 1. The van der Waals surface area contributed by atoms with Gasteiger partial charge in [0.15, 0.2) is 5.65 Å². The van der Waals surface area contributed by atoms with E-state index in [0.717, 1.165) is 4.31 Å². The molecule has 0 aliphatic carbocycles. The van der Waals surface area contributed by atoms with Crippen molar-refractivity contribution in [2.24, 2.45) is 0 Å². The smallest absolute Gasteiger partial charge is 0.261 e. The number of aromatic amines is 1. The lowest BCUT2D eigenvalue weighted by molar-refractivity contribution is 0.102. The van der Waals surface area contributed by atoms with Crippen molar-refractivity contribution in [1.82, 2.24) is 24.1 Å². The van der Waals surface area contributed by atoms with E-state index in [9.17, 15) is 18.0 Å². The highest BCUT2D eigenvalue weighted by atomic mass is 32.2. The summed E-state index contributed by atoms with van der Waals surface area (Å²) in [7, 11) is -0.834. The van der Waals surface area contributed by atoms with E-state index in [1.807, 2.05) is 0 Å². The zero-order chi connectivity index (χ0) is 22.2. The number of rotatable bonds is 5. The average Bonchev–Trinajstić information content (AvgIpc) is 3.19. The van der Waals surface area contributed by atoms with Crippen molar-refractivity contribution in [3.63, 3.8) is 0 Å². The summed E-state index contributed by atoms with van der Waals surface area (Å²) < 4.78 is 27.3. The van der Waals surface area contributed by atoms with Gasteiger partial charge in [0.25, 0.3) is 11.5 Å². The minimum absolute atomic E-state index is 0.0138. The molecule has 0 bridgehead atoms. The molecule has 2 heterocycles. The van der Waals surface area contributed by atoms with E-state index < -0.39 is 15.9 Å². The number of nitrogens with zero attached hydrogens (tertiary/aromatic N) is 4. The highest BCUT2D eigenvalue weighted by molar-refractivity contribution is 7.89. The highest BCUT2D eigenvalue weighted by Gasteiger charge is 2.19. The van der Waals surface area contributed by atoms with Crippen molar-refractivity contribution in [3.05, 3.63) is 77.0 Å². The standard InChI is InChI=1S/C20H18N6O4S/c1-25(2)31(29,30)14-7-5-6-13(10-14)19(27)24-16-8-3-4-9-17(16)26-18-15(11-23-26)20(28)22-12-21-18/h3-12H,1-2H3,(H,24,27)(H,21,22,28). The van der Waals surface area contributed by atoms with Crippen LogP contribution in [-0.4, -0.2) is 52.5 Å². The molecule has 31 heavy (non-hydrogen) atoms. The number of sulfonamides is 1. The molecule has 1 amide bonds. The average molecular weight is 438 g/mol. The van der Waals surface area contributed by atoms with Crippen molar-refractivity contribution in [2.45, 2.75) is 4.90 Å². The molecule has 158 valence electrons. The lowest BCUT2D eigenvalue weighted by Crippen LogP contribution is -2.23. The van der Waals surface area contributed by atoms with Crippen LogP contribution in [0.5, 0.6) is 0 Å². The van der Waals surface area contributed by atoms with Gasteiger partial charge in [-0.15, -0.1) is 0 Å². The number of aromatic nitrogens is 4. The Morgan fingerprint density at radius 1 is 1.13 bits per heavy atom. The molecule has 2 aromatic heterocycles. The van der Waals surface area contributed by atoms with Crippen molar-refractivity contribution in [3.8, 4) is 5.69 Å². The van der Waals surface area contributed by atoms with Crippen LogP contribution in [0.25, 0.3) is 16.7 Å². The predicted octanol–water partition coefficient (Wildman–Crippen LogP) is 1.61. The van der Waals surface area contributed by atoms with Gasteiger partial charge in [-0.2, -0.15) is 5.10 Å². The second-order valence-corrected chi connectivity index (χ2v) is 8.96. The maximum atomic E-state index is 12.9. The summed E-state index contributed by atoms with van der Waals surface area (Å²) in [5, 5.41) is 7.32. The van der Waals surface area contributed by atoms with Gasteiger partial charge in [0.1, 0.15) is 5.39 Å². The fourth-order valence-corrected chi connectivity index (χ4v) is 3.95. The molecule has 0 saturated carbocycles. The molecule has 0 saturated heterocycles. The number of hydrogen-bond donors (Lipinski definition) is 2. The van der Waals surface area contributed by atoms with E-state index in [2.05, 4.69) is 20.4 Å². The van der Waals surface area contributed by atoms with Gasteiger partial charge in [0.05, 0.1) is 28.8 Å². The summed E-state index contributed by atoms with van der Waals surface area (Å²) in [4.78, 5) is 31.5. The SMILES string of the molecule is CN(C)S(=O)(=O)c1cccc(C(=O)Nc2ccccc2-n2ncc3c(=O)[nH]cnc32)c1. The first kappa shape index (κ1) is 20.4. The molecule has 2 aromatic carbocycles. The summed E-state index contributed by atoms with van der Waals surface area (Å²) >= 11 is 0. The fraction of sp³-hybridized carbons (Fsp3) is 0.100. The molecule has 0 unspecified atom stereocenters. The molecular formula is C20H18N6O4S. The van der Waals surface area contributed by atoms with E-state index in [4.69, 9.17) is 0 Å². The van der Waals surface area contributed by atoms with E-state index >= 15 is 0 Å². The first-order valence-electron chi connectivity index (χ1n) is 9.14. The normalized spacial score (nSPS) is 11.7. The molecule has 0 radical (unpaired) electrons. The second-order valence-electron chi connectivity index (χ2n) is 6.81. The Kier molecular flexibility index (Phi) is 5.13. The molecule has 0 fully saturated rings. The second kappa shape index (κ2) is 7.78. The van der Waals surface area contributed by atoms with Gasteiger partial charge in [0, 0.05) is 19.7 Å². The minimum Gasteiger partial charge on any atom is -0.320 e. The number of para-hydroxylation sites is 2. The number of hydrogen-bond acceptors (Lipinski definition) is 6. The van der Waals surface area contributed by atoms with Crippen LogP contribution in [0, 0.1) is 0 Å². The van der Waals surface area contributed by atoms with Gasteiger partial charge in [0.2, 0.25) is 10.0 Å². The van der Waals surface area contributed by atoms with Crippen molar-refractivity contribution >= 4 is 32.7 Å². The van der Waals surface area contributed by atoms with Crippen LogP contribution in [0.3, 0.4) is 0 Å². The van der Waals surface area contributed by atoms with Gasteiger partial charge in [-0.3, -0.25) is 9.59 Å². The summed E-state index contributed by atoms with van der Waals surface area (Å²) in [5.41, 5.74) is 1.11. The monoisotopic (exact) mass is 438 g/mol. The predicted molar refractivity (Wildman–Crippen MR) is 115 cm³/mol. The minimum atomic E-state index is -3.68. The molecule has 0 spiro atoms. The molecule has 4 aromatic rings. The number of anilines is 1. The van der Waals surface area contributed by atoms with Crippen LogP contribution in [0.4, 0.5) is 5.69 Å². The molecule has 2 N–H and O–H groups in total. The van der Waals surface area contributed by atoms with E-state index in [1.54, 1.807) is 24.3 Å². The Morgan fingerprint density at radius 2 is 1.90 bits per heavy atom. The van der Waals surface area contributed by atoms with Gasteiger partial charge in [-0.25, -0.2) is 22.4 Å². The summed E-state index contributed by atoms with van der Waals surface area (Å²) in [6.07, 6.45) is 2.68.